The lowest BCUT2D eigenvalue weighted by molar-refractivity contribution is 0.414. The number of piperidine rings is 1. The molecular formula is C12H17FN2O3S. The summed E-state index contributed by atoms with van der Waals surface area (Å²) < 4.78 is 45.2. The van der Waals surface area contributed by atoms with E-state index in [4.69, 9.17) is 4.74 Å². The van der Waals surface area contributed by atoms with E-state index in [1.54, 1.807) is 0 Å². The minimum atomic E-state index is -3.57. The number of hydrogen-bond acceptors (Lipinski definition) is 4. The topological polar surface area (TPSA) is 67.4 Å². The summed E-state index contributed by atoms with van der Waals surface area (Å²) in [5.41, 5.74) is -0.0714. The van der Waals surface area contributed by atoms with E-state index in [2.05, 4.69) is 10.0 Å². The summed E-state index contributed by atoms with van der Waals surface area (Å²) in [7, 11) is -2.13. The van der Waals surface area contributed by atoms with E-state index in [9.17, 15) is 12.8 Å². The second kappa shape index (κ2) is 5.75. The van der Waals surface area contributed by atoms with Crippen LogP contribution >= 0.6 is 0 Å². The van der Waals surface area contributed by atoms with Gasteiger partial charge in [-0.15, -0.1) is 0 Å². The molecule has 0 saturated carbocycles. The first-order valence-electron chi connectivity index (χ1n) is 6.09. The standard InChI is InChI=1S/C12H17FN2O3S/c1-18-9-2-3-11(13)12(8-9)15-19(16,17)10-4-6-14-7-5-10/h2-3,8,10,14-15H,4-7H2,1H3. The van der Waals surface area contributed by atoms with Crippen molar-refractivity contribution in [2.24, 2.45) is 0 Å². The summed E-state index contributed by atoms with van der Waals surface area (Å²) in [6, 6.07) is 3.96. The lowest BCUT2D eigenvalue weighted by Gasteiger charge is -2.23. The van der Waals surface area contributed by atoms with Crippen LogP contribution in [0.2, 0.25) is 0 Å². The van der Waals surface area contributed by atoms with Crippen LogP contribution in [0.1, 0.15) is 12.8 Å². The Morgan fingerprint density at radius 1 is 1.37 bits per heavy atom. The molecule has 0 radical (unpaired) electrons. The van der Waals surface area contributed by atoms with Crippen molar-refractivity contribution in [2.75, 3.05) is 24.9 Å². The third-order valence-corrected chi connectivity index (χ3v) is 5.00. The zero-order valence-corrected chi connectivity index (χ0v) is 11.5. The Morgan fingerprint density at radius 3 is 2.68 bits per heavy atom. The zero-order valence-electron chi connectivity index (χ0n) is 10.6. The summed E-state index contributed by atoms with van der Waals surface area (Å²) in [4.78, 5) is 0. The lowest BCUT2D eigenvalue weighted by atomic mass is 10.2. The fraction of sp³-hybridized carbons (Fsp3) is 0.500. The number of methoxy groups -OCH3 is 1. The summed E-state index contributed by atoms with van der Waals surface area (Å²) in [5.74, 6) is -0.206. The molecule has 106 valence electrons. The van der Waals surface area contributed by atoms with Gasteiger partial charge in [-0.25, -0.2) is 12.8 Å². The molecule has 19 heavy (non-hydrogen) atoms. The van der Waals surface area contributed by atoms with Gasteiger partial charge in [0.25, 0.3) is 0 Å². The molecule has 1 saturated heterocycles. The van der Waals surface area contributed by atoms with Crippen molar-refractivity contribution in [3.8, 4) is 5.75 Å². The summed E-state index contributed by atoms with van der Waals surface area (Å²) in [5, 5.41) is 2.61. The highest BCUT2D eigenvalue weighted by atomic mass is 32.2. The van der Waals surface area contributed by atoms with Gasteiger partial charge in [-0.3, -0.25) is 4.72 Å². The quantitative estimate of drug-likeness (QED) is 0.877. The highest BCUT2D eigenvalue weighted by Gasteiger charge is 2.27. The fourth-order valence-electron chi connectivity index (χ4n) is 2.05. The number of nitrogens with one attached hydrogen (secondary N) is 2. The SMILES string of the molecule is COc1ccc(F)c(NS(=O)(=O)C2CCNCC2)c1. The molecule has 2 rings (SSSR count). The predicted molar refractivity (Wildman–Crippen MR) is 71.4 cm³/mol. The Labute approximate surface area is 112 Å². The van der Waals surface area contributed by atoms with E-state index in [0.29, 0.717) is 31.7 Å². The number of sulfonamides is 1. The maximum atomic E-state index is 13.6. The van der Waals surface area contributed by atoms with Crippen LogP contribution in [-0.4, -0.2) is 33.9 Å². The van der Waals surface area contributed by atoms with Crippen LogP contribution in [0.15, 0.2) is 18.2 Å². The minimum Gasteiger partial charge on any atom is -0.497 e. The van der Waals surface area contributed by atoms with Gasteiger partial charge < -0.3 is 10.1 Å². The smallest absolute Gasteiger partial charge is 0.235 e. The molecule has 2 N–H and O–H groups in total. The molecule has 1 aromatic rings. The van der Waals surface area contributed by atoms with Crippen molar-refractivity contribution in [3.05, 3.63) is 24.0 Å². The lowest BCUT2D eigenvalue weighted by Crippen LogP contribution is -2.38. The molecule has 0 aliphatic carbocycles. The highest BCUT2D eigenvalue weighted by molar-refractivity contribution is 7.93. The van der Waals surface area contributed by atoms with Gasteiger partial charge in [-0.05, 0) is 38.1 Å². The number of benzene rings is 1. The molecule has 1 heterocycles. The second-order valence-corrected chi connectivity index (χ2v) is 6.40. The van der Waals surface area contributed by atoms with E-state index < -0.39 is 21.1 Å². The van der Waals surface area contributed by atoms with Gasteiger partial charge in [0.15, 0.2) is 0 Å². The molecule has 5 nitrogen and oxygen atoms in total. The van der Waals surface area contributed by atoms with Crippen LogP contribution in [0.5, 0.6) is 5.75 Å². The molecule has 7 heteroatoms. The average Bonchev–Trinajstić information content (AvgIpc) is 2.42. The van der Waals surface area contributed by atoms with Crippen LogP contribution < -0.4 is 14.8 Å². The molecule has 1 aliphatic heterocycles. The molecule has 0 amide bonds. The van der Waals surface area contributed by atoms with Crippen molar-refractivity contribution < 1.29 is 17.5 Å². The molecule has 0 aromatic heterocycles. The van der Waals surface area contributed by atoms with Gasteiger partial charge in [-0.2, -0.15) is 0 Å². The first-order valence-corrected chi connectivity index (χ1v) is 7.63. The number of ether oxygens (including phenoxy) is 1. The van der Waals surface area contributed by atoms with E-state index in [1.807, 2.05) is 0 Å². The van der Waals surface area contributed by atoms with Crippen molar-refractivity contribution in [2.45, 2.75) is 18.1 Å². The van der Waals surface area contributed by atoms with Gasteiger partial charge in [-0.1, -0.05) is 0 Å². The Morgan fingerprint density at radius 2 is 2.05 bits per heavy atom. The van der Waals surface area contributed by atoms with Crippen LogP contribution in [0, 0.1) is 5.82 Å². The number of rotatable bonds is 4. The van der Waals surface area contributed by atoms with Gasteiger partial charge in [0.05, 0.1) is 18.0 Å². The zero-order chi connectivity index (χ0) is 13.9. The Balaban J connectivity index is 2.19. The Bertz CT molecular complexity index is 542. The average molecular weight is 288 g/mol. The van der Waals surface area contributed by atoms with Crippen molar-refractivity contribution in [1.29, 1.82) is 0 Å². The van der Waals surface area contributed by atoms with E-state index in [-0.39, 0.29) is 5.69 Å². The maximum absolute atomic E-state index is 13.6. The van der Waals surface area contributed by atoms with Gasteiger partial charge in [0.2, 0.25) is 10.0 Å². The van der Waals surface area contributed by atoms with Crippen molar-refractivity contribution in [1.82, 2.24) is 5.32 Å². The molecule has 0 atom stereocenters. The van der Waals surface area contributed by atoms with Gasteiger partial charge in [0, 0.05) is 6.07 Å². The molecule has 1 aliphatic rings. The molecule has 1 aromatic carbocycles. The van der Waals surface area contributed by atoms with Crippen molar-refractivity contribution >= 4 is 15.7 Å². The summed E-state index contributed by atoms with van der Waals surface area (Å²) in [6.45, 7) is 1.32. The highest BCUT2D eigenvalue weighted by Crippen LogP contribution is 2.24. The molecular weight excluding hydrogens is 271 g/mol. The van der Waals surface area contributed by atoms with E-state index in [0.717, 1.165) is 0 Å². The summed E-state index contributed by atoms with van der Waals surface area (Å²) in [6.07, 6.45) is 1.06. The van der Waals surface area contributed by atoms with Gasteiger partial charge >= 0.3 is 0 Å². The predicted octanol–water partition coefficient (Wildman–Crippen LogP) is 1.33. The van der Waals surface area contributed by atoms with E-state index >= 15 is 0 Å². The van der Waals surface area contributed by atoms with E-state index in [1.165, 1.54) is 25.3 Å². The first-order chi connectivity index (χ1) is 9.03. The van der Waals surface area contributed by atoms with Crippen LogP contribution in [0.4, 0.5) is 10.1 Å². The monoisotopic (exact) mass is 288 g/mol. The van der Waals surface area contributed by atoms with Crippen LogP contribution in [0.3, 0.4) is 0 Å². The third-order valence-electron chi connectivity index (χ3n) is 3.15. The van der Waals surface area contributed by atoms with Crippen LogP contribution in [-0.2, 0) is 10.0 Å². The summed E-state index contributed by atoms with van der Waals surface area (Å²) >= 11 is 0. The first kappa shape index (κ1) is 14.1. The minimum absolute atomic E-state index is 0.0714. The van der Waals surface area contributed by atoms with Crippen molar-refractivity contribution in [3.63, 3.8) is 0 Å². The Hall–Kier alpha value is -1.34. The largest absolute Gasteiger partial charge is 0.497 e. The number of halogens is 1. The Kier molecular flexibility index (Phi) is 4.26. The molecule has 0 bridgehead atoms. The number of hydrogen-bond donors (Lipinski definition) is 2. The van der Waals surface area contributed by atoms with Gasteiger partial charge in [0.1, 0.15) is 11.6 Å². The maximum Gasteiger partial charge on any atom is 0.235 e. The fourth-order valence-corrected chi connectivity index (χ4v) is 3.54. The molecule has 1 fully saturated rings. The number of anilines is 1. The second-order valence-electron chi connectivity index (χ2n) is 4.44. The molecule has 0 unspecified atom stereocenters. The van der Waals surface area contributed by atoms with Crippen LogP contribution in [0.25, 0.3) is 0 Å². The third kappa shape index (κ3) is 3.36. The molecule has 0 spiro atoms. The normalized spacial score (nSPS) is 17.2.